The molecule has 0 atom stereocenters. The summed E-state index contributed by atoms with van der Waals surface area (Å²) in [6.07, 6.45) is 1.22. The number of methoxy groups -OCH3 is 1. The molecule has 0 saturated carbocycles. The van der Waals surface area contributed by atoms with E-state index >= 15 is 0 Å². The Morgan fingerprint density at radius 3 is 2.60 bits per heavy atom. The quantitative estimate of drug-likeness (QED) is 0.771. The monoisotopic (exact) mass is 364 g/mol. The first kappa shape index (κ1) is 17.4. The summed E-state index contributed by atoms with van der Waals surface area (Å²) < 4.78 is 9.89. The maximum absolute atomic E-state index is 11.9. The highest BCUT2D eigenvalue weighted by Crippen LogP contribution is 2.35. The fourth-order valence-corrected chi connectivity index (χ4v) is 3.96. The molecule has 8 nitrogen and oxygen atoms in total. The summed E-state index contributed by atoms with van der Waals surface area (Å²) in [5.41, 5.74) is 0.829. The van der Waals surface area contributed by atoms with Gasteiger partial charge in [0.25, 0.3) is 0 Å². The van der Waals surface area contributed by atoms with Crippen LogP contribution in [-0.4, -0.2) is 66.8 Å². The molecule has 0 N–H and O–H groups in total. The average Bonchev–Trinajstić information content (AvgIpc) is 2.98. The lowest BCUT2D eigenvalue weighted by atomic mass is 10.2. The van der Waals surface area contributed by atoms with Crippen LogP contribution in [0.15, 0.2) is 6.33 Å². The summed E-state index contributed by atoms with van der Waals surface area (Å²) in [6.45, 7) is 6.48. The topological polar surface area (TPSA) is 84.9 Å². The number of nitrogens with zero attached hydrogens (tertiary/aromatic N) is 4. The van der Waals surface area contributed by atoms with Gasteiger partial charge in [-0.15, -0.1) is 11.3 Å². The van der Waals surface area contributed by atoms with Crippen molar-refractivity contribution in [2.75, 3.05) is 44.8 Å². The van der Waals surface area contributed by atoms with E-state index in [0.29, 0.717) is 37.7 Å². The van der Waals surface area contributed by atoms with Gasteiger partial charge in [-0.2, -0.15) is 0 Å². The highest BCUT2D eigenvalue weighted by Gasteiger charge is 2.26. The number of carbonyl (C=O) groups is 2. The van der Waals surface area contributed by atoms with Crippen LogP contribution in [0.5, 0.6) is 0 Å². The summed E-state index contributed by atoms with van der Waals surface area (Å²) in [4.78, 5) is 37.6. The van der Waals surface area contributed by atoms with Gasteiger partial charge in [-0.3, -0.25) is 0 Å². The number of hydrogen-bond acceptors (Lipinski definition) is 8. The number of hydrogen-bond donors (Lipinski definition) is 0. The van der Waals surface area contributed by atoms with E-state index in [9.17, 15) is 9.59 Å². The Morgan fingerprint density at radius 1 is 1.24 bits per heavy atom. The second-order valence-corrected chi connectivity index (χ2v) is 6.60. The van der Waals surface area contributed by atoms with Crippen LogP contribution in [-0.2, 0) is 9.47 Å². The molecule has 0 unspecified atom stereocenters. The molecule has 1 saturated heterocycles. The number of fused-ring (bicyclic) bond motifs is 1. The van der Waals surface area contributed by atoms with Crippen molar-refractivity contribution in [2.24, 2.45) is 0 Å². The molecule has 0 bridgehead atoms. The maximum atomic E-state index is 11.9. The Bertz CT molecular complexity index is 799. The smallest absolute Gasteiger partial charge is 0.409 e. The van der Waals surface area contributed by atoms with Crippen molar-refractivity contribution in [3.8, 4) is 0 Å². The van der Waals surface area contributed by atoms with Gasteiger partial charge in [0, 0.05) is 26.2 Å². The van der Waals surface area contributed by atoms with Crippen molar-refractivity contribution in [3.63, 3.8) is 0 Å². The van der Waals surface area contributed by atoms with Gasteiger partial charge >= 0.3 is 12.1 Å². The Balaban J connectivity index is 1.86. The van der Waals surface area contributed by atoms with Gasteiger partial charge in [-0.25, -0.2) is 19.6 Å². The summed E-state index contributed by atoms with van der Waals surface area (Å²) in [7, 11) is 1.37. The molecule has 3 heterocycles. The number of piperazine rings is 1. The third kappa shape index (κ3) is 3.23. The zero-order valence-electron chi connectivity index (χ0n) is 14.4. The summed E-state index contributed by atoms with van der Waals surface area (Å²) in [5, 5.41) is 0.873. The average molecular weight is 364 g/mol. The van der Waals surface area contributed by atoms with Crippen molar-refractivity contribution in [1.82, 2.24) is 14.9 Å². The van der Waals surface area contributed by atoms with Crippen molar-refractivity contribution in [1.29, 1.82) is 0 Å². The molecule has 1 amide bonds. The van der Waals surface area contributed by atoms with E-state index in [1.165, 1.54) is 24.8 Å². The van der Waals surface area contributed by atoms with E-state index in [-0.39, 0.29) is 12.1 Å². The summed E-state index contributed by atoms with van der Waals surface area (Å²) in [5.74, 6) is 0.427. The lowest BCUT2D eigenvalue weighted by Crippen LogP contribution is -2.49. The van der Waals surface area contributed by atoms with Gasteiger partial charge in [-0.05, 0) is 19.4 Å². The summed E-state index contributed by atoms with van der Waals surface area (Å²) >= 11 is 1.31. The Labute approximate surface area is 149 Å². The second-order valence-electron chi connectivity index (χ2n) is 5.60. The third-order valence-electron chi connectivity index (χ3n) is 4.18. The number of aryl methyl sites for hydroxylation is 1. The van der Waals surface area contributed by atoms with Crippen LogP contribution in [0.4, 0.5) is 10.6 Å². The molecule has 1 aliphatic heterocycles. The van der Waals surface area contributed by atoms with Gasteiger partial charge in [0.05, 0.1) is 19.1 Å². The first-order chi connectivity index (χ1) is 12.1. The number of esters is 1. The van der Waals surface area contributed by atoms with E-state index in [1.807, 2.05) is 6.92 Å². The van der Waals surface area contributed by atoms with Crippen LogP contribution < -0.4 is 4.90 Å². The first-order valence-corrected chi connectivity index (χ1v) is 8.87. The number of ether oxygens (including phenoxy) is 2. The van der Waals surface area contributed by atoms with Crippen LogP contribution in [0.2, 0.25) is 0 Å². The van der Waals surface area contributed by atoms with Crippen LogP contribution in [0.25, 0.3) is 10.2 Å². The van der Waals surface area contributed by atoms with E-state index < -0.39 is 0 Å². The molecule has 1 fully saturated rings. The largest absolute Gasteiger partial charge is 0.465 e. The van der Waals surface area contributed by atoms with Gasteiger partial charge in [0.1, 0.15) is 21.9 Å². The van der Waals surface area contributed by atoms with Crippen LogP contribution in [0.3, 0.4) is 0 Å². The lowest BCUT2D eigenvalue weighted by molar-refractivity contribution is 0.0605. The number of aromatic nitrogens is 2. The molecule has 134 valence electrons. The molecule has 0 aromatic carbocycles. The fourth-order valence-electron chi connectivity index (χ4n) is 2.90. The third-order valence-corrected chi connectivity index (χ3v) is 5.36. The number of amides is 1. The minimum atomic E-state index is -0.362. The zero-order valence-corrected chi connectivity index (χ0v) is 15.3. The number of anilines is 1. The number of thiophene rings is 1. The Kier molecular flexibility index (Phi) is 5.03. The van der Waals surface area contributed by atoms with Crippen LogP contribution in [0, 0.1) is 6.92 Å². The summed E-state index contributed by atoms with van der Waals surface area (Å²) in [6, 6.07) is 0. The Hall–Kier alpha value is -2.42. The highest BCUT2D eigenvalue weighted by molar-refractivity contribution is 7.20. The van der Waals surface area contributed by atoms with Crippen molar-refractivity contribution >= 4 is 39.4 Å². The van der Waals surface area contributed by atoms with Crippen molar-refractivity contribution < 1.29 is 19.1 Å². The molecule has 2 aromatic heterocycles. The molecule has 2 aromatic rings. The van der Waals surface area contributed by atoms with E-state index in [4.69, 9.17) is 9.47 Å². The normalized spacial score (nSPS) is 14.7. The van der Waals surface area contributed by atoms with Gasteiger partial charge in [0.15, 0.2) is 0 Å². The zero-order chi connectivity index (χ0) is 18.0. The number of rotatable bonds is 3. The molecule has 0 aliphatic carbocycles. The molecule has 0 spiro atoms. The SMILES string of the molecule is CCOC(=O)N1CCN(c2ncnc3sc(C(=O)OC)c(C)c23)CC1. The van der Waals surface area contributed by atoms with Gasteiger partial charge in [-0.1, -0.05) is 0 Å². The standard InChI is InChI=1S/C16H20N4O4S/c1-4-24-16(22)20-7-5-19(6-8-20)13-11-10(2)12(15(21)23-3)25-14(11)18-9-17-13/h9H,4-8H2,1-3H3. The molecule has 9 heteroatoms. The van der Waals surface area contributed by atoms with Gasteiger partial charge < -0.3 is 19.3 Å². The minimum absolute atomic E-state index is 0.283. The van der Waals surface area contributed by atoms with E-state index in [0.717, 1.165) is 21.6 Å². The first-order valence-electron chi connectivity index (χ1n) is 8.05. The molecular formula is C16H20N4O4S. The Morgan fingerprint density at radius 2 is 1.96 bits per heavy atom. The second kappa shape index (κ2) is 7.22. The molecule has 0 radical (unpaired) electrons. The molecule has 1 aliphatic rings. The molecule has 25 heavy (non-hydrogen) atoms. The van der Waals surface area contributed by atoms with E-state index in [2.05, 4.69) is 14.9 Å². The van der Waals surface area contributed by atoms with E-state index in [1.54, 1.807) is 11.8 Å². The number of carbonyl (C=O) groups excluding carboxylic acids is 2. The minimum Gasteiger partial charge on any atom is -0.465 e. The maximum Gasteiger partial charge on any atom is 0.409 e. The van der Waals surface area contributed by atoms with Crippen molar-refractivity contribution in [3.05, 3.63) is 16.8 Å². The van der Waals surface area contributed by atoms with Crippen LogP contribution in [0.1, 0.15) is 22.2 Å². The lowest BCUT2D eigenvalue weighted by Gasteiger charge is -2.35. The predicted octanol–water partition coefficient (Wildman–Crippen LogP) is 2.06. The fraction of sp³-hybridized carbons (Fsp3) is 0.500. The van der Waals surface area contributed by atoms with Crippen LogP contribution >= 0.6 is 11.3 Å². The highest BCUT2D eigenvalue weighted by atomic mass is 32.1. The van der Waals surface area contributed by atoms with Gasteiger partial charge in [0.2, 0.25) is 0 Å². The molecule has 3 rings (SSSR count). The molecular weight excluding hydrogens is 344 g/mol. The predicted molar refractivity (Wildman–Crippen MR) is 94.3 cm³/mol. The van der Waals surface area contributed by atoms with Crippen molar-refractivity contribution in [2.45, 2.75) is 13.8 Å².